The largest absolute Gasteiger partial charge is 0.396 e. The minimum atomic E-state index is 0.280. The van der Waals surface area contributed by atoms with Gasteiger partial charge in [-0.15, -0.1) is 0 Å². The van der Waals surface area contributed by atoms with Gasteiger partial charge in [-0.2, -0.15) is 5.26 Å². The fraction of sp³-hybridized carbons (Fsp3) is 0.875. The minimum Gasteiger partial charge on any atom is -0.396 e. The van der Waals surface area contributed by atoms with Crippen molar-refractivity contribution in [3.8, 4) is 6.07 Å². The van der Waals surface area contributed by atoms with Gasteiger partial charge in [0.25, 0.3) is 0 Å². The molecule has 0 amide bonds. The molecule has 0 aromatic carbocycles. The maximum absolute atomic E-state index is 8.47. The van der Waals surface area contributed by atoms with Gasteiger partial charge < -0.3 is 5.11 Å². The van der Waals surface area contributed by atoms with Gasteiger partial charge in [-0.1, -0.05) is 0 Å². The number of aliphatic hydroxyl groups is 1. The van der Waals surface area contributed by atoms with Gasteiger partial charge in [0.1, 0.15) is 0 Å². The molecule has 3 heteroatoms. The Labute approximate surface area is 68.2 Å². The highest BCUT2D eigenvalue weighted by Crippen LogP contribution is 1.95. The van der Waals surface area contributed by atoms with Gasteiger partial charge in [0.05, 0.1) is 12.6 Å². The first-order chi connectivity index (χ1) is 5.31. The Kier molecular flexibility index (Phi) is 7.11. The predicted octanol–water partition coefficient (Wildman–Crippen LogP) is 0.604. The van der Waals surface area contributed by atoms with Gasteiger partial charge in [0.2, 0.25) is 0 Å². The van der Waals surface area contributed by atoms with Crippen molar-refractivity contribution in [1.82, 2.24) is 4.90 Å². The average molecular weight is 156 g/mol. The van der Waals surface area contributed by atoms with Crippen molar-refractivity contribution in [2.45, 2.75) is 19.3 Å². The summed E-state index contributed by atoms with van der Waals surface area (Å²) < 4.78 is 0. The molecule has 0 aromatic heterocycles. The number of aliphatic hydroxyl groups excluding tert-OH is 1. The molecule has 0 aliphatic carbocycles. The second-order valence-corrected chi connectivity index (χ2v) is 2.68. The van der Waals surface area contributed by atoms with E-state index in [0.29, 0.717) is 6.54 Å². The Morgan fingerprint density at radius 1 is 1.36 bits per heavy atom. The van der Waals surface area contributed by atoms with Crippen LogP contribution in [0.4, 0.5) is 0 Å². The van der Waals surface area contributed by atoms with Gasteiger partial charge in [0.15, 0.2) is 0 Å². The highest BCUT2D eigenvalue weighted by Gasteiger charge is 1.95. The molecular formula is C8H16N2O. The lowest BCUT2D eigenvalue weighted by molar-refractivity contribution is 0.276. The minimum absolute atomic E-state index is 0.280. The number of hydrogen-bond acceptors (Lipinski definition) is 3. The molecule has 0 heterocycles. The van der Waals surface area contributed by atoms with Crippen LogP contribution < -0.4 is 0 Å². The third kappa shape index (κ3) is 7.31. The zero-order chi connectivity index (χ0) is 8.53. The quantitative estimate of drug-likeness (QED) is 0.452. The lowest BCUT2D eigenvalue weighted by atomic mass is 10.2. The highest BCUT2D eigenvalue weighted by molar-refractivity contribution is 4.73. The van der Waals surface area contributed by atoms with E-state index >= 15 is 0 Å². The summed E-state index contributed by atoms with van der Waals surface area (Å²) in [6.07, 6.45) is 2.99. The Balaban J connectivity index is 3.05. The van der Waals surface area contributed by atoms with Crippen molar-refractivity contribution in [3.05, 3.63) is 0 Å². The fourth-order valence-corrected chi connectivity index (χ4v) is 0.870. The van der Waals surface area contributed by atoms with Crippen LogP contribution in [0.5, 0.6) is 0 Å². The molecule has 0 spiro atoms. The molecule has 0 fully saturated rings. The number of hydrogen-bond donors (Lipinski definition) is 1. The van der Waals surface area contributed by atoms with Crippen LogP contribution in [0.15, 0.2) is 0 Å². The summed E-state index contributed by atoms with van der Waals surface area (Å²) in [6, 6.07) is 2.08. The molecule has 11 heavy (non-hydrogen) atoms. The van der Waals surface area contributed by atoms with Crippen LogP contribution >= 0.6 is 0 Å². The molecule has 0 saturated carbocycles. The lowest BCUT2D eigenvalue weighted by Crippen LogP contribution is -2.19. The van der Waals surface area contributed by atoms with E-state index in [1.165, 1.54) is 0 Å². The molecule has 64 valence electrons. The van der Waals surface area contributed by atoms with E-state index in [4.69, 9.17) is 10.4 Å². The summed E-state index contributed by atoms with van der Waals surface area (Å²) in [5, 5.41) is 16.8. The first-order valence-corrected chi connectivity index (χ1v) is 3.97. The third-order valence-corrected chi connectivity index (χ3v) is 1.54. The van der Waals surface area contributed by atoms with E-state index in [2.05, 4.69) is 6.07 Å². The standard InChI is InChI=1S/C8H16N2O/c1-10(7-5-9)6-3-2-4-8-11/h11H,2-4,6-8H2,1H3. The van der Waals surface area contributed by atoms with Crippen LogP contribution in [0.3, 0.4) is 0 Å². The topological polar surface area (TPSA) is 47.3 Å². The van der Waals surface area contributed by atoms with Crippen molar-refractivity contribution in [2.24, 2.45) is 0 Å². The summed E-state index contributed by atoms with van der Waals surface area (Å²) in [6.45, 7) is 1.73. The Bertz CT molecular complexity index is 120. The van der Waals surface area contributed by atoms with E-state index in [-0.39, 0.29) is 6.61 Å². The summed E-state index contributed by atoms with van der Waals surface area (Å²) >= 11 is 0. The summed E-state index contributed by atoms with van der Waals surface area (Å²) in [7, 11) is 1.93. The molecule has 0 radical (unpaired) electrons. The molecule has 0 aliphatic heterocycles. The van der Waals surface area contributed by atoms with Crippen LogP contribution in [0.25, 0.3) is 0 Å². The molecule has 0 saturated heterocycles. The van der Waals surface area contributed by atoms with E-state index in [0.717, 1.165) is 25.8 Å². The van der Waals surface area contributed by atoms with E-state index in [1.54, 1.807) is 0 Å². The van der Waals surface area contributed by atoms with Crippen molar-refractivity contribution >= 4 is 0 Å². The first-order valence-electron chi connectivity index (χ1n) is 3.97. The van der Waals surface area contributed by atoms with Crippen molar-refractivity contribution < 1.29 is 5.11 Å². The molecular weight excluding hydrogens is 140 g/mol. The number of nitrogens with zero attached hydrogens (tertiary/aromatic N) is 2. The van der Waals surface area contributed by atoms with E-state index in [1.807, 2.05) is 11.9 Å². The summed E-state index contributed by atoms with van der Waals surface area (Å²) in [5.41, 5.74) is 0. The molecule has 1 N–H and O–H groups in total. The highest BCUT2D eigenvalue weighted by atomic mass is 16.2. The average Bonchev–Trinajstić information content (AvgIpc) is 1.99. The lowest BCUT2D eigenvalue weighted by Gasteiger charge is -2.10. The SMILES string of the molecule is CN(CC#N)CCCCCO. The van der Waals surface area contributed by atoms with Crippen molar-refractivity contribution in [1.29, 1.82) is 5.26 Å². The maximum atomic E-state index is 8.47. The zero-order valence-corrected chi connectivity index (χ0v) is 7.08. The number of rotatable bonds is 6. The van der Waals surface area contributed by atoms with Crippen LogP contribution in [-0.2, 0) is 0 Å². The van der Waals surface area contributed by atoms with Crippen molar-refractivity contribution in [3.63, 3.8) is 0 Å². The van der Waals surface area contributed by atoms with Gasteiger partial charge in [0, 0.05) is 6.61 Å². The molecule has 0 atom stereocenters. The normalized spacial score (nSPS) is 10.0. The second kappa shape index (κ2) is 7.52. The molecule has 0 aliphatic rings. The van der Waals surface area contributed by atoms with E-state index in [9.17, 15) is 0 Å². The number of unbranched alkanes of at least 4 members (excludes halogenated alkanes) is 2. The molecule has 0 aromatic rings. The van der Waals surface area contributed by atoms with Crippen LogP contribution in [0, 0.1) is 11.3 Å². The van der Waals surface area contributed by atoms with Crippen LogP contribution in [0.1, 0.15) is 19.3 Å². The Hall–Kier alpha value is -0.590. The monoisotopic (exact) mass is 156 g/mol. The second-order valence-electron chi connectivity index (χ2n) is 2.68. The van der Waals surface area contributed by atoms with E-state index < -0.39 is 0 Å². The van der Waals surface area contributed by atoms with Crippen LogP contribution in [-0.4, -0.2) is 36.8 Å². The molecule has 3 nitrogen and oxygen atoms in total. The summed E-state index contributed by atoms with van der Waals surface area (Å²) in [5.74, 6) is 0. The van der Waals surface area contributed by atoms with Gasteiger partial charge in [-0.3, -0.25) is 4.90 Å². The Morgan fingerprint density at radius 2 is 2.09 bits per heavy atom. The van der Waals surface area contributed by atoms with Gasteiger partial charge in [-0.25, -0.2) is 0 Å². The van der Waals surface area contributed by atoms with Gasteiger partial charge >= 0.3 is 0 Å². The zero-order valence-electron chi connectivity index (χ0n) is 7.08. The van der Waals surface area contributed by atoms with Crippen LogP contribution in [0.2, 0.25) is 0 Å². The summed E-state index contributed by atoms with van der Waals surface area (Å²) in [4.78, 5) is 1.98. The van der Waals surface area contributed by atoms with Gasteiger partial charge in [-0.05, 0) is 32.9 Å². The van der Waals surface area contributed by atoms with Crippen molar-refractivity contribution in [2.75, 3.05) is 26.7 Å². The maximum Gasteiger partial charge on any atom is 0.0863 e. The molecule has 0 rings (SSSR count). The fourth-order valence-electron chi connectivity index (χ4n) is 0.870. The third-order valence-electron chi connectivity index (χ3n) is 1.54. The predicted molar refractivity (Wildman–Crippen MR) is 44.0 cm³/mol. The smallest absolute Gasteiger partial charge is 0.0863 e. The molecule has 0 unspecified atom stereocenters. The Morgan fingerprint density at radius 3 is 2.64 bits per heavy atom. The number of nitriles is 1. The molecule has 0 bridgehead atoms. The first kappa shape index (κ1) is 10.4.